The first-order valence-electron chi connectivity index (χ1n) is 8.72. The summed E-state index contributed by atoms with van der Waals surface area (Å²) >= 11 is 8.10. The van der Waals surface area contributed by atoms with Crippen LogP contribution in [0.5, 0.6) is 0 Å². The van der Waals surface area contributed by atoms with Crippen molar-refractivity contribution < 1.29 is 4.74 Å². The first kappa shape index (κ1) is 19.2. The second-order valence-corrected chi connectivity index (χ2v) is 8.45. The highest BCUT2D eigenvalue weighted by atomic mass is 35.5. The van der Waals surface area contributed by atoms with Crippen LogP contribution in [0.25, 0.3) is 0 Å². The number of morpholine rings is 1. The van der Waals surface area contributed by atoms with E-state index in [4.69, 9.17) is 16.3 Å². The zero-order valence-corrected chi connectivity index (χ0v) is 17.2. The number of benzene rings is 1. The molecule has 0 radical (unpaired) electrons. The van der Waals surface area contributed by atoms with Gasteiger partial charge in [0.1, 0.15) is 11.1 Å². The number of anilines is 1. The SMILES string of the molecule is Cc1ccc(C(c2c(C)sc(N3CCOCC3)c2C#N)N(C)C)cc1Cl. The van der Waals surface area contributed by atoms with Gasteiger partial charge in [-0.2, -0.15) is 5.26 Å². The van der Waals surface area contributed by atoms with E-state index in [9.17, 15) is 5.26 Å². The molecule has 0 bridgehead atoms. The second kappa shape index (κ2) is 7.98. The molecule has 1 fully saturated rings. The summed E-state index contributed by atoms with van der Waals surface area (Å²) in [4.78, 5) is 5.61. The van der Waals surface area contributed by atoms with E-state index in [0.717, 1.165) is 45.4 Å². The van der Waals surface area contributed by atoms with Crippen LogP contribution in [0.3, 0.4) is 0 Å². The highest BCUT2D eigenvalue weighted by Gasteiger charge is 2.29. The minimum absolute atomic E-state index is 0.00575. The molecule has 138 valence electrons. The molecule has 0 amide bonds. The van der Waals surface area contributed by atoms with E-state index in [-0.39, 0.29) is 6.04 Å². The van der Waals surface area contributed by atoms with Crippen molar-refractivity contribution in [3.05, 3.63) is 50.4 Å². The summed E-state index contributed by atoms with van der Waals surface area (Å²) in [7, 11) is 4.09. The molecule has 4 nitrogen and oxygen atoms in total. The second-order valence-electron chi connectivity index (χ2n) is 6.84. The zero-order chi connectivity index (χ0) is 18.8. The summed E-state index contributed by atoms with van der Waals surface area (Å²) in [5, 5.41) is 11.8. The van der Waals surface area contributed by atoms with Gasteiger partial charge in [0.25, 0.3) is 0 Å². The Hall–Kier alpha value is -1.58. The molecule has 1 aromatic carbocycles. The van der Waals surface area contributed by atoms with Gasteiger partial charge in [0.15, 0.2) is 0 Å². The molecular weight excluding hydrogens is 366 g/mol. The fourth-order valence-corrected chi connectivity index (χ4v) is 4.84. The van der Waals surface area contributed by atoms with Crippen molar-refractivity contribution in [3.63, 3.8) is 0 Å². The third-order valence-electron chi connectivity index (χ3n) is 4.82. The largest absolute Gasteiger partial charge is 0.378 e. The molecule has 1 saturated heterocycles. The van der Waals surface area contributed by atoms with Gasteiger partial charge in [0.2, 0.25) is 0 Å². The minimum Gasteiger partial charge on any atom is -0.378 e. The number of nitrogens with zero attached hydrogens (tertiary/aromatic N) is 3. The average Bonchev–Trinajstić information content (AvgIpc) is 2.95. The van der Waals surface area contributed by atoms with E-state index in [1.807, 2.05) is 33.2 Å². The van der Waals surface area contributed by atoms with E-state index < -0.39 is 0 Å². The molecule has 0 aliphatic carbocycles. The smallest absolute Gasteiger partial charge is 0.110 e. The molecule has 0 spiro atoms. The van der Waals surface area contributed by atoms with Gasteiger partial charge >= 0.3 is 0 Å². The quantitative estimate of drug-likeness (QED) is 0.778. The van der Waals surface area contributed by atoms with Gasteiger partial charge in [-0.3, -0.25) is 4.90 Å². The maximum Gasteiger partial charge on any atom is 0.110 e. The number of rotatable bonds is 4. The van der Waals surface area contributed by atoms with Gasteiger partial charge in [-0.1, -0.05) is 23.7 Å². The van der Waals surface area contributed by atoms with Gasteiger partial charge in [0, 0.05) is 28.6 Å². The summed E-state index contributed by atoms with van der Waals surface area (Å²) in [5.41, 5.74) is 4.04. The Labute approximate surface area is 164 Å². The van der Waals surface area contributed by atoms with E-state index in [1.165, 1.54) is 4.88 Å². The van der Waals surface area contributed by atoms with E-state index >= 15 is 0 Å². The molecule has 0 saturated carbocycles. The summed E-state index contributed by atoms with van der Waals surface area (Å²) in [5.74, 6) is 0. The number of aryl methyl sites for hydroxylation is 2. The minimum atomic E-state index is -0.00575. The highest BCUT2D eigenvalue weighted by Crippen LogP contribution is 2.42. The summed E-state index contributed by atoms with van der Waals surface area (Å²) in [6, 6.07) is 8.65. The van der Waals surface area contributed by atoms with E-state index in [0.29, 0.717) is 13.2 Å². The number of halogens is 1. The first-order chi connectivity index (χ1) is 12.4. The summed E-state index contributed by atoms with van der Waals surface area (Å²) < 4.78 is 5.47. The molecule has 1 unspecified atom stereocenters. The summed E-state index contributed by atoms with van der Waals surface area (Å²) in [6.07, 6.45) is 0. The van der Waals surface area contributed by atoms with Gasteiger partial charge in [0.05, 0.1) is 24.8 Å². The lowest BCUT2D eigenvalue weighted by molar-refractivity contribution is 0.123. The topological polar surface area (TPSA) is 39.5 Å². The van der Waals surface area contributed by atoms with Crippen molar-refractivity contribution in [3.8, 4) is 6.07 Å². The Morgan fingerprint density at radius 1 is 1.27 bits per heavy atom. The van der Waals surface area contributed by atoms with Crippen molar-refractivity contribution in [1.82, 2.24) is 4.90 Å². The molecule has 1 aliphatic rings. The maximum atomic E-state index is 9.97. The fourth-order valence-electron chi connectivity index (χ4n) is 3.47. The number of thiophene rings is 1. The Morgan fingerprint density at radius 3 is 2.54 bits per heavy atom. The number of hydrogen-bond donors (Lipinski definition) is 0. The lowest BCUT2D eigenvalue weighted by Gasteiger charge is -2.29. The lowest BCUT2D eigenvalue weighted by Crippen LogP contribution is -2.36. The Bertz CT molecular complexity index is 834. The van der Waals surface area contributed by atoms with Gasteiger partial charge < -0.3 is 9.64 Å². The predicted octanol–water partition coefficient (Wildman–Crippen LogP) is 4.38. The third-order valence-corrected chi connectivity index (χ3v) is 6.41. The summed E-state index contributed by atoms with van der Waals surface area (Å²) in [6.45, 7) is 7.19. The van der Waals surface area contributed by atoms with Crippen molar-refractivity contribution >= 4 is 27.9 Å². The molecule has 26 heavy (non-hydrogen) atoms. The average molecular weight is 390 g/mol. The molecule has 3 rings (SSSR count). The van der Waals surface area contributed by atoms with Crippen LogP contribution in [0, 0.1) is 25.2 Å². The number of ether oxygens (including phenoxy) is 1. The van der Waals surface area contributed by atoms with Crippen LogP contribution in [0.4, 0.5) is 5.00 Å². The van der Waals surface area contributed by atoms with Gasteiger partial charge in [-0.15, -0.1) is 11.3 Å². The third kappa shape index (κ3) is 3.60. The van der Waals surface area contributed by atoms with Gasteiger partial charge in [-0.05, 0) is 45.1 Å². The maximum absolute atomic E-state index is 9.97. The number of hydrogen-bond acceptors (Lipinski definition) is 5. The molecule has 0 N–H and O–H groups in total. The zero-order valence-electron chi connectivity index (χ0n) is 15.7. The van der Waals surface area contributed by atoms with Crippen molar-refractivity contribution in [2.45, 2.75) is 19.9 Å². The molecule has 1 aliphatic heterocycles. The molecule has 1 aromatic heterocycles. The normalized spacial score (nSPS) is 16.0. The monoisotopic (exact) mass is 389 g/mol. The van der Waals surface area contributed by atoms with E-state index in [1.54, 1.807) is 11.3 Å². The molecule has 1 atom stereocenters. The van der Waals surface area contributed by atoms with Crippen LogP contribution in [0.15, 0.2) is 18.2 Å². The molecule has 2 aromatic rings. The van der Waals surface area contributed by atoms with Crippen molar-refractivity contribution in [2.75, 3.05) is 45.3 Å². The predicted molar refractivity (Wildman–Crippen MR) is 109 cm³/mol. The Kier molecular flexibility index (Phi) is 5.89. The number of nitriles is 1. The molecular formula is C20H24ClN3OS. The standard InChI is InChI=1S/C20H24ClN3OS/c1-13-5-6-15(11-17(13)21)19(23(3)4)18-14(2)26-20(16(18)12-22)24-7-9-25-10-8-24/h5-6,11,19H,7-10H2,1-4H3. The van der Waals surface area contributed by atoms with Crippen molar-refractivity contribution in [1.29, 1.82) is 5.26 Å². The Balaban J connectivity index is 2.11. The fraction of sp³-hybridized carbons (Fsp3) is 0.450. The van der Waals surface area contributed by atoms with Crippen LogP contribution in [-0.4, -0.2) is 45.3 Å². The van der Waals surface area contributed by atoms with Crippen LogP contribution >= 0.6 is 22.9 Å². The van der Waals surface area contributed by atoms with Crippen molar-refractivity contribution in [2.24, 2.45) is 0 Å². The van der Waals surface area contributed by atoms with Crippen LogP contribution in [0.2, 0.25) is 5.02 Å². The Morgan fingerprint density at radius 2 is 1.96 bits per heavy atom. The molecule has 2 heterocycles. The molecule has 6 heteroatoms. The lowest BCUT2D eigenvalue weighted by atomic mass is 9.94. The highest BCUT2D eigenvalue weighted by molar-refractivity contribution is 7.16. The van der Waals surface area contributed by atoms with Crippen LogP contribution in [-0.2, 0) is 4.74 Å². The van der Waals surface area contributed by atoms with E-state index in [2.05, 4.69) is 28.9 Å². The van der Waals surface area contributed by atoms with Crippen LogP contribution in [0.1, 0.15) is 33.2 Å². The van der Waals surface area contributed by atoms with Crippen LogP contribution < -0.4 is 4.90 Å². The first-order valence-corrected chi connectivity index (χ1v) is 9.92. The van der Waals surface area contributed by atoms with Gasteiger partial charge in [-0.25, -0.2) is 0 Å².